The van der Waals surface area contributed by atoms with Gasteiger partial charge in [-0.1, -0.05) is 30.3 Å². The molecule has 0 radical (unpaired) electrons. The van der Waals surface area contributed by atoms with Crippen molar-refractivity contribution in [2.45, 2.75) is 57.0 Å². The largest absolute Gasteiger partial charge is 0.328 e. The summed E-state index contributed by atoms with van der Waals surface area (Å²) in [5.74, 6) is 0. The van der Waals surface area contributed by atoms with E-state index in [-0.39, 0.29) is 16.7 Å². The van der Waals surface area contributed by atoms with E-state index in [0.29, 0.717) is 24.6 Å². The minimum absolute atomic E-state index is 0.224. The fraction of sp³-hybridized carbons (Fsp3) is 0.476. The summed E-state index contributed by atoms with van der Waals surface area (Å²) < 4.78 is 1.26. The van der Waals surface area contributed by atoms with Crippen LogP contribution in [0.5, 0.6) is 0 Å². The van der Waals surface area contributed by atoms with E-state index in [2.05, 4.69) is 16.4 Å². The van der Waals surface area contributed by atoms with Gasteiger partial charge in [-0.05, 0) is 51.1 Å². The molecule has 6 heteroatoms. The SMILES string of the molecule is Cc1c[nH]c(=O)n(CCCN[C@H]2CC[C@](C#N)(c3ccccc3)CC2)c1=O. The second-order valence-electron chi connectivity index (χ2n) is 7.38. The van der Waals surface area contributed by atoms with Crippen LogP contribution >= 0.6 is 0 Å². The maximum Gasteiger partial charge on any atom is 0.328 e. The van der Waals surface area contributed by atoms with Crippen LogP contribution in [0.4, 0.5) is 0 Å². The third-order valence-corrected chi connectivity index (χ3v) is 5.61. The smallest absolute Gasteiger partial charge is 0.314 e. The molecular weight excluding hydrogens is 340 g/mol. The molecule has 1 aliphatic carbocycles. The summed E-state index contributed by atoms with van der Waals surface area (Å²) >= 11 is 0. The van der Waals surface area contributed by atoms with Crippen LogP contribution in [-0.2, 0) is 12.0 Å². The highest BCUT2D eigenvalue weighted by Gasteiger charge is 2.36. The molecule has 1 heterocycles. The Hall–Kier alpha value is -2.65. The molecule has 0 atom stereocenters. The van der Waals surface area contributed by atoms with Gasteiger partial charge in [0.1, 0.15) is 0 Å². The first-order chi connectivity index (χ1) is 13.1. The quantitative estimate of drug-likeness (QED) is 0.767. The van der Waals surface area contributed by atoms with Gasteiger partial charge in [-0.3, -0.25) is 9.36 Å². The molecule has 6 nitrogen and oxygen atoms in total. The van der Waals surface area contributed by atoms with Gasteiger partial charge in [-0.25, -0.2) is 4.79 Å². The highest BCUT2D eigenvalue weighted by Crippen LogP contribution is 2.38. The first-order valence-electron chi connectivity index (χ1n) is 9.55. The highest BCUT2D eigenvalue weighted by atomic mass is 16.2. The van der Waals surface area contributed by atoms with Crippen LogP contribution in [0.15, 0.2) is 46.1 Å². The third kappa shape index (κ3) is 4.20. The van der Waals surface area contributed by atoms with Gasteiger partial charge >= 0.3 is 5.69 Å². The molecule has 1 fully saturated rings. The monoisotopic (exact) mass is 366 g/mol. The van der Waals surface area contributed by atoms with E-state index >= 15 is 0 Å². The Morgan fingerprint density at radius 2 is 1.96 bits per heavy atom. The van der Waals surface area contributed by atoms with Crippen molar-refractivity contribution in [2.24, 2.45) is 0 Å². The van der Waals surface area contributed by atoms with Crippen molar-refractivity contribution in [1.29, 1.82) is 5.26 Å². The molecule has 0 saturated heterocycles. The molecule has 1 aromatic carbocycles. The number of nitrogens with zero attached hydrogens (tertiary/aromatic N) is 2. The van der Waals surface area contributed by atoms with E-state index in [1.807, 2.05) is 30.3 Å². The van der Waals surface area contributed by atoms with Gasteiger partial charge in [-0.2, -0.15) is 5.26 Å². The molecule has 1 saturated carbocycles. The second-order valence-corrected chi connectivity index (χ2v) is 7.38. The van der Waals surface area contributed by atoms with Gasteiger partial charge in [-0.15, -0.1) is 0 Å². The normalized spacial score (nSPS) is 22.3. The predicted octanol–water partition coefficient (Wildman–Crippen LogP) is 2.23. The van der Waals surface area contributed by atoms with Crippen LogP contribution in [0, 0.1) is 18.3 Å². The zero-order valence-corrected chi connectivity index (χ0v) is 15.7. The van der Waals surface area contributed by atoms with Crippen LogP contribution in [0.2, 0.25) is 0 Å². The van der Waals surface area contributed by atoms with Gasteiger partial charge in [0.2, 0.25) is 0 Å². The lowest BCUT2D eigenvalue weighted by atomic mass is 9.69. The number of H-pyrrole nitrogens is 1. The number of aryl methyl sites for hydroxylation is 1. The lowest BCUT2D eigenvalue weighted by molar-refractivity contribution is 0.294. The Morgan fingerprint density at radius 3 is 2.63 bits per heavy atom. The van der Waals surface area contributed by atoms with E-state index in [9.17, 15) is 14.9 Å². The van der Waals surface area contributed by atoms with Gasteiger partial charge in [0.15, 0.2) is 0 Å². The minimum Gasteiger partial charge on any atom is -0.314 e. The highest BCUT2D eigenvalue weighted by molar-refractivity contribution is 5.33. The Balaban J connectivity index is 1.49. The average Bonchev–Trinajstić information content (AvgIpc) is 2.71. The van der Waals surface area contributed by atoms with Crippen LogP contribution < -0.4 is 16.6 Å². The average molecular weight is 366 g/mol. The predicted molar refractivity (Wildman–Crippen MR) is 105 cm³/mol. The molecule has 1 aromatic heterocycles. The summed E-state index contributed by atoms with van der Waals surface area (Å²) in [6, 6.07) is 13.0. The number of aromatic amines is 1. The maximum absolute atomic E-state index is 12.0. The number of benzene rings is 1. The van der Waals surface area contributed by atoms with Crippen molar-refractivity contribution in [3.05, 3.63) is 68.5 Å². The van der Waals surface area contributed by atoms with Crippen molar-refractivity contribution in [1.82, 2.24) is 14.9 Å². The summed E-state index contributed by atoms with van der Waals surface area (Å²) in [4.78, 5) is 26.4. The van der Waals surface area contributed by atoms with E-state index in [0.717, 1.165) is 37.8 Å². The molecule has 0 aliphatic heterocycles. The Labute approximate surface area is 158 Å². The van der Waals surface area contributed by atoms with Crippen LogP contribution in [0.1, 0.15) is 43.2 Å². The summed E-state index contributed by atoms with van der Waals surface area (Å²) in [7, 11) is 0. The van der Waals surface area contributed by atoms with Gasteiger partial charge in [0, 0.05) is 24.3 Å². The molecule has 0 spiro atoms. The van der Waals surface area contributed by atoms with Gasteiger partial charge < -0.3 is 10.3 Å². The fourth-order valence-electron chi connectivity index (χ4n) is 3.90. The standard InChI is InChI=1S/C21H26N4O2/c1-16-14-24-20(27)25(19(16)26)13-5-12-23-18-8-10-21(15-22,11-9-18)17-6-3-2-4-7-17/h2-4,6-7,14,18,23H,5,8-13H2,1H3,(H,24,27)/t18-,21-. The molecule has 2 aromatic rings. The Kier molecular flexibility index (Phi) is 5.92. The van der Waals surface area contributed by atoms with Crippen LogP contribution in [-0.4, -0.2) is 22.1 Å². The third-order valence-electron chi connectivity index (χ3n) is 5.61. The summed E-state index contributed by atoms with van der Waals surface area (Å²) in [5, 5.41) is 13.3. The van der Waals surface area contributed by atoms with E-state index in [1.54, 1.807) is 6.92 Å². The summed E-state index contributed by atoms with van der Waals surface area (Å²) in [5.41, 5.74) is 0.706. The molecule has 3 rings (SSSR count). The fourth-order valence-corrected chi connectivity index (χ4v) is 3.90. The lowest BCUT2D eigenvalue weighted by Crippen LogP contribution is -2.40. The molecule has 0 amide bonds. The zero-order valence-electron chi connectivity index (χ0n) is 15.7. The van der Waals surface area contributed by atoms with Crippen molar-refractivity contribution in [2.75, 3.05) is 6.54 Å². The van der Waals surface area contributed by atoms with E-state index in [1.165, 1.54) is 10.8 Å². The van der Waals surface area contributed by atoms with Crippen molar-refractivity contribution in [3.8, 4) is 6.07 Å². The summed E-state index contributed by atoms with van der Waals surface area (Å²) in [6.07, 6.45) is 5.77. The summed E-state index contributed by atoms with van der Waals surface area (Å²) in [6.45, 7) is 2.85. The molecule has 0 bridgehead atoms. The molecule has 27 heavy (non-hydrogen) atoms. The van der Waals surface area contributed by atoms with Crippen LogP contribution in [0.3, 0.4) is 0 Å². The molecular formula is C21H26N4O2. The van der Waals surface area contributed by atoms with Gasteiger partial charge in [0.05, 0.1) is 11.5 Å². The van der Waals surface area contributed by atoms with E-state index < -0.39 is 0 Å². The second kappa shape index (κ2) is 8.36. The number of nitriles is 1. The topological polar surface area (TPSA) is 90.7 Å². The molecule has 2 N–H and O–H groups in total. The maximum atomic E-state index is 12.0. The Morgan fingerprint density at radius 1 is 1.26 bits per heavy atom. The molecule has 142 valence electrons. The number of nitrogens with one attached hydrogen (secondary N) is 2. The Bertz CT molecular complexity index is 916. The number of hydrogen-bond acceptors (Lipinski definition) is 4. The van der Waals surface area contributed by atoms with Crippen molar-refractivity contribution >= 4 is 0 Å². The molecule has 1 aliphatic rings. The minimum atomic E-state index is -0.373. The van der Waals surface area contributed by atoms with Crippen molar-refractivity contribution in [3.63, 3.8) is 0 Å². The number of aromatic nitrogens is 2. The van der Waals surface area contributed by atoms with E-state index in [4.69, 9.17) is 0 Å². The first kappa shape index (κ1) is 19.1. The molecule has 0 unspecified atom stereocenters. The van der Waals surface area contributed by atoms with Crippen molar-refractivity contribution < 1.29 is 0 Å². The lowest BCUT2D eigenvalue weighted by Gasteiger charge is -2.35. The van der Waals surface area contributed by atoms with Gasteiger partial charge in [0.25, 0.3) is 5.56 Å². The number of rotatable bonds is 6. The first-order valence-corrected chi connectivity index (χ1v) is 9.55. The zero-order chi connectivity index (χ0) is 19.3. The van der Waals surface area contributed by atoms with Crippen LogP contribution in [0.25, 0.3) is 0 Å². The number of hydrogen-bond donors (Lipinski definition) is 2.